The zero-order valence-electron chi connectivity index (χ0n) is 17.0. The van der Waals surface area contributed by atoms with Crippen LogP contribution in [0.15, 0.2) is 36.7 Å². The summed E-state index contributed by atoms with van der Waals surface area (Å²) in [5.41, 5.74) is -0.178. The fourth-order valence-corrected chi connectivity index (χ4v) is 4.48. The molecule has 2 unspecified atom stereocenters. The summed E-state index contributed by atoms with van der Waals surface area (Å²) in [5.74, 6) is 0.564. The maximum absolute atomic E-state index is 14.4. The lowest BCUT2D eigenvalue weighted by Crippen LogP contribution is -2.46. The van der Waals surface area contributed by atoms with Crippen LogP contribution in [-0.2, 0) is 18.3 Å². The first-order chi connectivity index (χ1) is 14.2. The Kier molecular flexibility index (Phi) is 5.26. The highest BCUT2D eigenvalue weighted by atomic mass is 19.3. The van der Waals surface area contributed by atoms with Gasteiger partial charge in [-0.3, -0.25) is 9.37 Å². The van der Waals surface area contributed by atoms with Gasteiger partial charge >= 0.3 is 0 Å². The van der Waals surface area contributed by atoms with Gasteiger partial charge in [-0.2, -0.15) is 0 Å². The number of aryl methyl sites for hydroxylation is 1. The summed E-state index contributed by atoms with van der Waals surface area (Å²) < 4.78 is 48.4. The average Bonchev–Trinajstić information content (AvgIpc) is 3.32. The number of hydrogen-bond donors (Lipinski definition) is 2. The van der Waals surface area contributed by atoms with Crippen LogP contribution in [0.2, 0.25) is 0 Å². The van der Waals surface area contributed by atoms with E-state index in [1.54, 1.807) is 37.5 Å². The minimum Gasteiger partial charge on any atom is -0.493 e. The van der Waals surface area contributed by atoms with Crippen LogP contribution < -0.4 is 4.74 Å². The normalized spacial score (nSPS) is 17.6. The van der Waals surface area contributed by atoms with Crippen molar-refractivity contribution in [3.63, 3.8) is 0 Å². The second kappa shape index (κ2) is 7.61. The Bertz CT molecular complexity index is 1030. The van der Waals surface area contributed by atoms with Crippen LogP contribution in [-0.4, -0.2) is 40.4 Å². The molecule has 2 N–H and O–H groups in total. The number of rotatable bonds is 7. The smallest absolute Gasteiger partial charge is 0.267 e. The predicted octanol–water partition coefficient (Wildman–Crippen LogP) is 4.66. The lowest BCUT2D eigenvalue weighted by Gasteiger charge is -2.37. The van der Waals surface area contributed by atoms with Crippen molar-refractivity contribution in [3.05, 3.63) is 59.0 Å². The summed E-state index contributed by atoms with van der Waals surface area (Å²) in [6, 6.07) is 7.23. The van der Waals surface area contributed by atoms with Crippen LogP contribution in [0.4, 0.5) is 13.2 Å². The molecule has 3 aromatic rings. The molecule has 1 aromatic carbocycles. The number of nitrogens with zero attached hydrogens (tertiary/aromatic N) is 1. The van der Waals surface area contributed by atoms with E-state index in [4.69, 9.17) is 4.74 Å². The number of ether oxygens (including phenoxy) is 1. The summed E-state index contributed by atoms with van der Waals surface area (Å²) in [6.07, 6.45) is 0.0861. The first-order valence-corrected chi connectivity index (χ1v) is 9.99. The number of aliphatic hydroxyl groups is 1. The first kappa shape index (κ1) is 20.7. The minimum absolute atomic E-state index is 0.330. The molecule has 0 aliphatic carbocycles. The van der Waals surface area contributed by atoms with E-state index in [1.807, 2.05) is 13.0 Å². The molecule has 0 saturated carbocycles. The van der Waals surface area contributed by atoms with Gasteiger partial charge in [0.15, 0.2) is 0 Å². The van der Waals surface area contributed by atoms with E-state index in [2.05, 4.69) is 9.97 Å². The first-order valence-electron chi connectivity index (χ1n) is 9.99. The Labute approximate surface area is 173 Å². The number of fused-ring (bicyclic) bond motifs is 2. The maximum Gasteiger partial charge on any atom is 0.267 e. The van der Waals surface area contributed by atoms with Gasteiger partial charge in [-0.15, -0.1) is 0 Å². The van der Waals surface area contributed by atoms with Crippen molar-refractivity contribution in [2.75, 3.05) is 13.3 Å². The standard InChI is InChI=1S/C23H25F3N2O2/c1-14-7-16-4-6-30-20(16)18(8-14)22(2,13-24)12-23(29,21(25)26)10-17-9-15-3-5-27-11-19(15)28-17/h3,5,7-9,11,21,28-29H,4,6,10,12-13H2,1-2H3. The second-order valence-electron chi connectivity index (χ2n) is 8.61. The molecule has 30 heavy (non-hydrogen) atoms. The highest BCUT2D eigenvalue weighted by Gasteiger charge is 2.46. The van der Waals surface area contributed by atoms with Crippen molar-refractivity contribution in [3.8, 4) is 5.75 Å². The average molecular weight is 418 g/mol. The molecule has 2 aromatic heterocycles. The Morgan fingerprint density at radius 3 is 2.80 bits per heavy atom. The number of alkyl halides is 3. The second-order valence-corrected chi connectivity index (χ2v) is 8.61. The highest BCUT2D eigenvalue weighted by molar-refractivity contribution is 5.79. The van der Waals surface area contributed by atoms with Crippen molar-refractivity contribution in [1.82, 2.24) is 9.97 Å². The van der Waals surface area contributed by atoms with Crippen LogP contribution in [0, 0.1) is 6.92 Å². The molecule has 0 bridgehead atoms. The number of nitrogens with one attached hydrogen (secondary N) is 1. The summed E-state index contributed by atoms with van der Waals surface area (Å²) in [7, 11) is 0. The SMILES string of the molecule is Cc1cc2c(c(C(C)(CF)CC(O)(Cc3cc4ccncc4[nH]3)C(F)F)c1)OCC2. The van der Waals surface area contributed by atoms with Crippen LogP contribution in [0.3, 0.4) is 0 Å². The van der Waals surface area contributed by atoms with Crippen molar-refractivity contribution >= 4 is 10.9 Å². The number of aromatic amines is 1. The molecule has 0 fully saturated rings. The van der Waals surface area contributed by atoms with Gasteiger partial charge in [-0.05, 0) is 31.0 Å². The molecule has 0 spiro atoms. The molecule has 1 aliphatic heterocycles. The quantitative estimate of drug-likeness (QED) is 0.587. The summed E-state index contributed by atoms with van der Waals surface area (Å²) in [6.45, 7) is 3.05. The molecule has 4 nitrogen and oxygen atoms in total. The van der Waals surface area contributed by atoms with Crippen molar-refractivity contribution < 1.29 is 23.0 Å². The van der Waals surface area contributed by atoms with E-state index >= 15 is 0 Å². The lowest BCUT2D eigenvalue weighted by atomic mass is 9.72. The predicted molar refractivity (Wildman–Crippen MR) is 109 cm³/mol. The van der Waals surface area contributed by atoms with Gasteiger partial charge in [0.1, 0.15) is 11.4 Å². The Morgan fingerprint density at radius 1 is 1.30 bits per heavy atom. The topological polar surface area (TPSA) is 58.1 Å². The third-order valence-corrected chi connectivity index (χ3v) is 5.95. The van der Waals surface area contributed by atoms with Gasteiger partial charge in [0.25, 0.3) is 6.43 Å². The van der Waals surface area contributed by atoms with Gasteiger partial charge < -0.3 is 14.8 Å². The Morgan fingerprint density at radius 2 is 2.10 bits per heavy atom. The molecule has 3 heterocycles. The van der Waals surface area contributed by atoms with Crippen LogP contribution >= 0.6 is 0 Å². The third kappa shape index (κ3) is 3.67. The summed E-state index contributed by atoms with van der Waals surface area (Å²) in [5, 5.41) is 11.8. The third-order valence-electron chi connectivity index (χ3n) is 5.95. The molecule has 0 radical (unpaired) electrons. The van der Waals surface area contributed by atoms with Crippen LogP contribution in [0.25, 0.3) is 10.9 Å². The maximum atomic E-state index is 14.4. The monoisotopic (exact) mass is 418 g/mol. The number of benzene rings is 1. The molecular formula is C23H25F3N2O2. The van der Waals surface area contributed by atoms with E-state index in [-0.39, 0.29) is 6.42 Å². The minimum atomic E-state index is -3.05. The molecule has 4 rings (SSSR count). The van der Waals surface area contributed by atoms with Crippen LogP contribution in [0.1, 0.15) is 35.7 Å². The fourth-order valence-electron chi connectivity index (χ4n) is 4.48. The molecule has 0 saturated heterocycles. The zero-order chi connectivity index (χ0) is 21.5. The molecule has 2 atom stereocenters. The number of aromatic nitrogens is 2. The fraction of sp³-hybridized carbons (Fsp3) is 0.435. The zero-order valence-corrected chi connectivity index (χ0v) is 17.0. The van der Waals surface area contributed by atoms with E-state index < -0.39 is 30.5 Å². The Hall–Kier alpha value is -2.54. The highest BCUT2D eigenvalue weighted by Crippen LogP contribution is 2.44. The summed E-state index contributed by atoms with van der Waals surface area (Å²) >= 11 is 0. The van der Waals surface area contributed by atoms with Crippen LogP contribution in [0.5, 0.6) is 5.75 Å². The molecule has 7 heteroatoms. The molecule has 1 aliphatic rings. The molecular weight excluding hydrogens is 393 g/mol. The van der Waals surface area contributed by atoms with Crippen molar-refractivity contribution in [1.29, 1.82) is 0 Å². The van der Waals surface area contributed by atoms with Gasteiger partial charge in [0.2, 0.25) is 0 Å². The van der Waals surface area contributed by atoms with E-state index in [0.717, 1.165) is 16.5 Å². The molecule has 160 valence electrons. The van der Waals surface area contributed by atoms with Crippen molar-refractivity contribution in [2.45, 2.75) is 50.6 Å². The molecule has 0 amide bonds. The van der Waals surface area contributed by atoms with Gasteiger partial charge in [-0.1, -0.05) is 24.6 Å². The number of halogens is 3. The number of hydrogen-bond acceptors (Lipinski definition) is 3. The lowest BCUT2D eigenvalue weighted by molar-refractivity contribution is -0.113. The number of pyridine rings is 1. The van der Waals surface area contributed by atoms with E-state index in [0.29, 0.717) is 35.6 Å². The summed E-state index contributed by atoms with van der Waals surface area (Å²) in [4.78, 5) is 7.03. The van der Waals surface area contributed by atoms with E-state index in [9.17, 15) is 18.3 Å². The van der Waals surface area contributed by atoms with Crippen molar-refractivity contribution in [2.24, 2.45) is 0 Å². The van der Waals surface area contributed by atoms with Gasteiger partial charge in [-0.25, -0.2) is 8.78 Å². The largest absolute Gasteiger partial charge is 0.493 e. The Balaban J connectivity index is 1.70. The van der Waals surface area contributed by atoms with E-state index in [1.165, 1.54) is 0 Å². The van der Waals surface area contributed by atoms with Gasteiger partial charge in [0, 0.05) is 41.1 Å². The van der Waals surface area contributed by atoms with Gasteiger partial charge in [0.05, 0.1) is 25.0 Å². The number of H-pyrrole nitrogens is 1.